The summed E-state index contributed by atoms with van der Waals surface area (Å²) in [5.41, 5.74) is 1.10. The molecule has 5 rings (SSSR count). The normalized spacial score (nSPS) is 14.2. The van der Waals surface area contributed by atoms with Crippen LogP contribution in [0.4, 0.5) is 5.69 Å². The van der Waals surface area contributed by atoms with Crippen molar-refractivity contribution in [3.8, 4) is 11.5 Å². The minimum Gasteiger partial charge on any atom is -0.457 e. The highest BCUT2D eigenvalue weighted by Crippen LogP contribution is 2.29. The summed E-state index contributed by atoms with van der Waals surface area (Å²) in [6.07, 6.45) is 5.08. The van der Waals surface area contributed by atoms with Gasteiger partial charge in [-0.05, 0) is 86.0 Å². The van der Waals surface area contributed by atoms with Gasteiger partial charge in [0.15, 0.2) is 0 Å². The van der Waals surface area contributed by atoms with E-state index in [1.807, 2.05) is 54.6 Å². The average molecular weight is 705 g/mol. The van der Waals surface area contributed by atoms with E-state index in [0.717, 1.165) is 46.4 Å². The van der Waals surface area contributed by atoms with E-state index in [2.05, 4.69) is 21.2 Å². The first-order valence-electron chi connectivity index (χ1n) is 15.5. The highest BCUT2D eigenvalue weighted by atomic mass is 79.9. The summed E-state index contributed by atoms with van der Waals surface area (Å²) in [6, 6.07) is 30.6. The number of hydrogen-bond acceptors (Lipinski definition) is 5. The number of carbonyl (C=O) groups is 2. The number of rotatable bonds is 12. The van der Waals surface area contributed by atoms with E-state index in [-0.39, 0.29) is 23.4 Å². The number of nitrogens with one attached hydrogen (secondary N) is 1. The quantitative estimate of drug-likeness (QED) is 0.167. The minimum atomic E-state index is -4.17. The van der Waals surface area contributed by atoms with Gasteiger partial charge >= 0.3 is 0 Å². The number of para-hydroxylation sites is 1. The van der Waals surface area contributed by atoms with Crippen LogP contribution >= 0.6 is 15.9 Å². The van der Waals surface area contributed by atoms with Crippen molar-refractivity contribution >= 4 is 43.5 Å². The van der Waals surface area contributed by atoms with Crippen molar-refractivity contribution in [2.45, 2.75) is 62.6 Å². The number of anilines is 1. The van der Waals surface area contributed by atoms with Crippen LogP contribution in [0.2, 0.25) is 0 Å². The second-order valence-electron chi connectivity index (χ2n) is 11.4. The van der Waals surface area contributed by atoms with Gasteiger partial charge in [-0.25, -0.2) is 8.42 Å². The maximum Gasteiger partial charge on any atom is 0.264 e. The molecule has 10 heteroatoms. The van der Waals surface area contributed by atoms with Crippen molar-refractivity contribution in [3.63, 3.8) is 0 Å². The van der Waals surface area contributed by atoms with Crippen molar-refractivity contribution in [1.29, 1.82) is 0 Å². The molecule has 46 heavy (non-hydrogen) atoms. The highest BCUT2D eigenvalue weighted by Gasteiger charge is 2.33. The van der Waals surface area contributed by atoms with Gasteiger partial charge in [0.2, 0.25) is 11.8 Å². The fraction of sp³-hybridized carbons (Fsp3) is 0.278. The van der Waals surface area contributed by atoms with Crippen LogP contribution in [0.15, 0.2) is 119 Å². The van der Waals surface area contributed by atoms with Gasteiger partial charge in [-0.15, -0.1) is 0 Å². The molecule has 0 spiro atoms. The zero-order chi connectivity index (χ0) is 32.5. The van der Waals surface area contributed by atoms with E-state index in [1.165, 1.54) is 17.0 Å². The van der Waals surface area contributed by atoms with Gasteiger partial charge in [0, 0.05) is 17.1 Å². The Labute approximate surface area is 279 Å². The van der Waals surface area contributed by atoms with Crippen molar-refractivity contribution in [2.24, 2.45) is 0 Å². The molecule has 0 radical (unpaired) electrons. The summed E-state index contributed by atoms with van der Waals surface area (Å²) in [5.74, 6) is 0.399. The molecule has 1 aliphatic carbocycles. The van der Waals surface area contributed by atoms with E-state index < -0.39 is 28.5 Å². The molecule has 2 amide bonds. The lowest BCUT2D eigenvalue weighted by Crippen LogP contribution is -2.53. The maximum absolute atomic E-state index is 14.2. The second-order valence-corrected chi connectivity index (χ2v) is 14.2. The van der Waals surface area contributed by atoms with Gasteiger partial charge < -0.3 is 15.0 Å². The topological polar surface area (TPSA) is 96.0 Å². The van der Waals surface area contributed by atoms with E-state index in [4.69, 9.17) is 4.74 Å². The predicted octanol–water partition coefficient (Wildman–Crippen LogP) is 7.30. The molecule has 4 aromatic carbocycles. The Hall–Kier alpha value is -4.15. The molecule has 4 aromatic rings. The molecular formula is C36H38BrN3O5S. The third-order valence-corrected chi connectivity index (χ3v) is 10.4. The van der Waals surface area contributed by atoms with Gasteiger partial charge in [0.05, 0.1) is 10.6 Å². The van der Waals surface area contributed by atoms with Crippen molar-refractivity contribution in [3.05, 3.63) is 119 Å². The van der Waals surface area contributed by atoms with E-state index in [0.29, 0.717) is 17.2 Å². The number of nitrogens with zero attached hydrogens (tertiary/aromatic N) is 2. The molecule has 1 aliphatic rings. The van der Waals surface area contributed by atoms with Gasteiger partial charge in [-0.1, -0.05) is 83.7 Å². The van der Waals surface area contributed by atoms with Crippen LogP contribution in [-0.4, -0.2) is 43.8 Å². The van der Waals surface area contributed by atoms with E-state index in [9.17, 15) is 18.0 Å². The Morgan fingerprint density at radius 3 is 2.13 bits per heavy atom. The molecule has 1 unspecified atom stereocenters. The molecule has 0 heterocycles. The van der Waals surface area contributed by atoms with Crippen LogP contribution in [0.25, 0.3) is 0 Å². The first-order valence-corrected chi connectivity index (χ1v) is 17.7. The minimum absolute atomic E-state index is 0.0500. The summed E-state index contributed by atoms with van der Waals surface area (Å²) in [4.78, 5) is 29.3. The number of hydrogen-bond donors (Lipinski definition) is 1. The number of sulfonamides is 1. The molecule has 0 bridgehead atoms. The summed E-state index contributed by atoms with van der Waals surface area (Å²) in [6.45, 7) is 1.31. The fourth-order valence-electron chi connectivity index (χ4n) is 5.54. The highest BCUT2D eigenvalue weighted by molar-refractivity contribution is 9.10. The number of amides is 2. The molecular weight excluding hydrogens is 666 g/mol. The lowest BCUT2D eigenvalue weighted by molar-refractivity contribution is -0.139. The van der Waals surface area contributed by atoms with Crippen molar-refractivity contribution in [1.82, 2.24) is 10.2 Å². The monoisotopic (exact) mass is 703 g/mol. The van der Waals surface area contributed by atoms with Crippen LogP contribution in [-0.2, 0) is 26.2 Å². The molecule has 1 atom stereocenters. The van der Waals surface area contributed by atoms with Crippen LogP contribution in [0.5, 0.6) is 11.5 Å². The van der Waals surface area contributed by atoms with Gasteiger partial charge in [-0.2, -0.15) is 0 Å². The van der Waals surface area contributed by atoms with Gasteiger partial charge in [0.1, 0.15) is 24.1 Å². The predicted molar refractivity (Wildman–Crippen MR) is 183 cm³/mol. The number of ether oxygens (including phenoxy) is 1. The lowest BCUT2D eigenvalue weighted by atomic mass is 9.95. The summed E-state index contributed by atoms with van der Waals surface area (Å²) >= 11 is 3.49. The molecule has 1 saturated carbocycles. The Bertz CT molecular complexity index is 1710. The van der Waals surface area contributed by atoms with Gasteiger partial charge in [0.25, 0.3) is 10.0 Å². The first kappa shape index (κ1) is 33.2. The average Bonchev–Trinajstić information content (AvgIpc) is 3.07. The van der Waals surface area contributed by atoms with Crippen molar-refractivity contribution < 1.29 is 22.7 Å². The summed E-state index contributed by atoms with van der Waals surface area (Å²) < 4.78 is 36.0. The lowest BCUT2D eigenvalue weighted by Gasteiger charge is -2.33. The summed E-state index contributed by atoms with van der Waals surface area (Å²) in [7, 11) is -4.17. The number of carbonyl (C=O) groups excluding carboxylic acids is 2. The van der Waals surface area contributed by atoms with Crippen LogP contribution in [0, 0.1) is 0 Å². The molecule has 0 saturated heterocycles. The zero-order valence-corrected chi connectivity index (χ0v) is 28.1. The molecule has 240 valence electrons. The molecule has 1 N–H and O–H groups in total. The maximum atomic E-state index is 14.2. The molecule has 0 aliphatic heterocycles. The third kappa shape index (κ3) is 8.55. The van der Waals surface area contributed by atoms with Crippen LogP contribution in [0.1, 0.15) is 44.6 Å². The third-order valence-electron chi connectivity index (χ3n) is 8.07. The van der Waals surface area contributed by atoms with E-state index >= 15 is 0 Å². The SMILES string of the molecule is CC(C(=O)NC1CCCCC1)N(Cc1cccc(Br)c1)C(=O)CN(c1ccc(Oc2ccccc2)cc1)S(=O)(=O)c1ccccc1. The van der Waals surface area contributed by atoms with Crippen molar-refractivity contribution in [2.75, 3.05) is 10.8 Å². The largest absolute Gasteiger partial charge is 0.457 e. The molecule has 1 fully saturated rings. The molecule has 0 aromatic heterocycles. The Morgan fingerprint density at radius 2 is 1.48 bits per heavy atom. The van der Waals surface area contributed by atoms with Crippen LogP contribution < -0.4 is 14.4 Å². The molecule has 8 nitrogen and oxygen atoms in total. The smallest absolute Gasteiger partial charge is 0.264 e. The standard InChI is InChI=1S/C36H38BrN3O5S/c1-27(36(42)38-30-14-5-2-6-15-30)39(25-28-12-11-13-29(37)24-28)35(41)26-40(46(43,44)34-18-9-4-10-19-34)31-20-22-33(23-21-31)45-32-16-7-3-8-17-32/h3-4,7-13,16-24,27,30H,2,5-6,14-15,25-26H2,1H3,(H,38,42). The fourth-order valence-corrected chi connectivity index (χ4v) is 7.42. The summed E-state index contributed by atoms with van der Waals surface area (Å²) in [5, 5.41) is 3.13. The van der Waals surface area contributed by atoms with Gasteiger partial charge in [-0.3, -0.25) is 13.9 Å². The Morgan fingerprint density at radius 1 is 0.848 bits per heavy atom. The Balaban J connectivity index is 1.45. The van der Waals surface area contributed by atoms with E-state index in [1.54, 1.807) is 49.4 Å². The number of halogens is 1. The second kappa shape index (κ2) is 15.4. The number of benzene rings is 4. The Kier molecular flexibility index (Phi) is 11.1. The zero-order valence-electron chi connectivity index (χ0n) is 25.7. The van der Waals surface area contributed by atoms with Crippen LogP contribution in [0.3, 0.4) is 0 Å². The first-order chi connectivity index (χ1) is 22.2.